The third-order valence-corrected chi connectivity index (χ3v) is 5.47. The average Bonchev–Trinajstić information content (AvgIpc) is 3.35. The predicted molar refractivity (Wildman–Crippen MR) is 111 cm³/mol. The normalized spacial score (nSPS) is 16.8. The fraction of sp³-hybridized carbons (Fsp3) is 0.455. The molecule has 1 saturated heterocycles. The quantitative estimate of drug-likeness (QED) is 0.642. The molecule has 4 rings (SSSR count). The fourth-order valence-electron chi connectivity index (χ4n) is 3.83. The van der Waals surface area contributed by atoms with E-state index in [1.807, 2.05) is 57.0 Å². The molecule has 1 fully saturated rings. The Balaban J connectivity index is 1.57. The van der Waals surface area contributed by atoms with Crippen molar-refractivity contribution in [1.29, 1.82) is 0 Å². The molecule has 0 bridgehead atoms. The molecule has 0 radical (unpaired) electrons. The summed E-state index contributed by atoms with van der Waals surface area (Å²) in [6, 6.07) is 5.86. The van der Waals surface area contributed by atoms with Gasteiger partial charge in [0.25, 0.3) is 5.91 Å². The van der Waals surface area contributed by atoms with Crippen LogP contribution in [-0.4, -0.2) is 50.4 Å². The van der Waals surface area contributed by atoms with Gasteiger partial charge >= 0.3 is 0 Å². The molecule has 0 saturated carbocycles. The van der Waals surface area contributed by atoms with Gasteiger partial charge in [0.1, 0.15) is 11.9 Å². The van der Waals surface area contributed by atoms with Gasteiger partial charge in [-0.15, -0.1) is 0 Å². The maximum absolute atomic E-state index is 13.1. The van der Waals surface area contributed by atoms with Gasteiger partial charge in [-0.1, -0.05) is 18.1 Å². The van der Waals surface area contributed by atoms with E-state index >= 15 is 0 Å². The first kappa shape index (κ1) is 20.3. The zero-order valence-electron chi connectivity index (χ0n) is 17.9. The first-order chi connectivity index (χ1) is 14.5. The summed E-state index contributed by atoms with van der Waals surface area (Å²) < 4.78 is 13.2. The summed E-state index contributed by atoms with van der Waals surface area (Å²) in [6.45, 7) is 10.0. The van der Waals surface area contributed by atoms with Crippen LogP contribution in [0.1, 0.15) is 53.2 Å². The Morgan fingerprint density at radius 3 is 2.80 bits per heavy atom. The molecular weight excluding hydrogens is 382 g/mol. The van der Waals surface area contributed by atoms with Crippen molar-refractivity contribution < 1.29 is 14.1 Å². The molecule has 30 heavy (non-hydrogen) atoms. The minimum Gasteiger partial charge on any atom is -0.368 e. The second-order valence-electron chi connectivity index (χ2n) is 7.46. The summed E-state index contributed by atoms with van der Waals surface area (Å²) in [5.74, 6) is 0.807. The molecule has 0 aliphatic carbocycles. The number of pyridine rings is 1. The average molecular weight is 409 g/mol. The highest BCUT2D eigenvalue weighted by molar-refractivity contribution is 5.95. The van der Waals surface area contributed by atoms with Crippen LogP contribution in [0.2, 0.25) is 0 Å². The van der Waals surface area contributed by atoms with E-state index in [9.17, 15) is 4.79 Å². The fourth-order valence-corrected chi connectivity index (χ4v) is 3.83. The molecule has 0 aromatic carbocycles. The van der Waals surface area contributed by atoms with Crippen LogP contribution in [0.3, 0.4) is 0 Å². The molecule has 3 aromatic rings. The Labute approximate surface area is 175 Å². The van der Waals surface area contributed by atoms with Gasteiger partial charge in [-0.3, -0.25) is 9.48 Å². The van der Waals surface area contributed by atoms with E-state index in [1.54, 1.807) is 4.68 Å². The largest absolute Gasteiger partial charge is 0.368 e. The SMILES string of the molecule is CCc1onc(C)c1-c1cccc(C2CN(C(=O)c3cn(CC)nc3C)CCO2)n1. The Morgan fingerprint density at radius 2 is 2.07 bits per heavy atom. The number of hydrogen-bond acceptors (Lipinski definition) is 6. The number of carbonyl (C=O) groups is 1. The number of aryl methyl sites for hydroxylation is 4. The Kier molecular flexibility index (Phi) is 5.67. The highest BCUT2D eigenvalue weighted by atomic mass is 16.5. The molecule has 1 amide bonds. The molecular formula is C22H27N5O3. The maximum Gasteiger partial charge on any atom is 0.257 e. The Bertz CT molecular complexity index is 1050. The van der Waals surface area contributed by atoms with Crippen molar-refractivity contribution in [3.8, 4) is 11.3 Å². The zero-order chi connectivity index (χ0) is 21.3. The van der Waals surface area contributed by atoms with Crippen LogP contribution in [-0.2, 0) is 17.7 Å². The molecule has 0 N–H and O–H groups in total. The monoisotopic (exact) mass is 409 g/mol. The maximum atomic E-state index is 13.1. The van der Waals surface area contributed by atoms with Gasteiger partial charge in [0.05, 0.1) is 47.1 Å². The van der Waals surface area contributed by atoms with Crippen LogP contribution in [0, 0.1) is 13.8 Å². The first-order valence-corrected chi connectivity index (χ1v) is 10.4. The summed E-state index contributed by atoms with van der Waals surface area (Å²) >= 11 is 0. The van der Waals surface area contributed by atoms with E-state index in [-0.39, 0.29) is 12.0 Å². The molecule has 3 aromatic heterocycles. The molecule has 8 nitrogen and oxygen atoms in total. The highest BCUT2D eigenvalue weighted by Gasteiger charge is 2.29. The van der Waals surface area contributed by atoms with E-state index in [4.69, 9.17) is 14.2 Å². The van der Waals surface area contributed by atoms with Gasteiger partial charge in [0.15, 0.2) is 0 Å². The van der Waals surface area contributed by atoms with Crippen molar-refractivity contribution in [1.82, 2.24) is 24.8 Å². The van der Waals surface area contributed by atoms with Crippen molar-refractivity contribution in [2.75, 3.05) is 19.7 Å². The van der Waals surface area contributed by atoms with E-state index < -0.39 is 0 Å². The molecule has 4 heterocycles. The lowest BCUT2D eigenvalue weighted by atomic mass is 10.1. The predicted octanol–water partition coefficient (Wildman–Crippen LogP) is 3.35. The lowest BCUT2D eigenvalue weighted by Crippen LogP contribution is -2.42. The van der Waals surface area contributed by atoms with Crippen molar-refractivity contribution in [3.05, 3.63) is 52.8 Å². The number of carbonyl (C=O) groups excluding carboxylic acids is 1. The summed E-state index contributed by atoms with van der Waals surface area (Å²) in [5.41, 5.74) is 4.77. The van der Waals surface area contributed by atoms with Crippen LogP contribution in [0.15, 0.2) is 28.9 Å². The van der Waals surface area contributed by atoms with Crippen LogP contribution >= 0.6 is 0 Å². The van der Waals surface area contributed by atoms with E-state index in [1.165, 1.54) is 0 Å². The summed E-state index contributed by atoms with van der Waals surface area (Å²) in [5, 5.41) is 8.48. The van der Waals surface area contributed by atoms with Gasteiger partial charge in [0.2, 0.25) is 0 Å². The lowest BCUT2D eigenvalue weighted by molar-refractivity contribution is -0.0247. The van der Waals surface area contributed by atoms with Gasteiger partial charge < -0.3 is 14.2 Å². The molecule has 158 valence electrons. The number of morpholine rings is 1. The minimum absolute atomic E-state index is 0.0141. The summed E-state index contributed by atoms with van der Waals surface area (Å²) in [7, 11) is 0. The molecule has 8 heteroatoms. The van der Waals surface area contributed by atoms with E-state index in [0.717, 1.165) is 47.1 Å². The molecule has 1 aliphatic heterocycles. The smallest absolute Gasteiger partial charge is 0.257 e. The number of hydrogen-bond donors (Lipinski definition) is 0. The van der Waals surface area contributed by atoms with Gasteiger partial charge in [-0.2, -0.15) is 5.10 Å². The topological polar surface area (TPSA) is 86.3 Å². The second kappa shape index (κ2) is 8.39. The Morgan fingerprint density at radius 1 is 1.23 bits per heavy atom. The van der Waals surface area contributed by atoms with Gasteiger partial charge in [0, 0.05) is 25.7 Å². The van der Waals surface area contributed by atoms with Gasteiger partial charge in [-0.25, -0.2) is 4.98 Å². The van der Waals surface area contributed by atoms with Crippen molar-refractivity contribution in [3.63, 3.8) is 0 Å². The first-order valence-electron chi connectivity index (χ1n) is 10.4. The van der Waals surface area contributed by atoms with Crippen LogP contribution in [0.25, 0.3) is 11.3 Å². The number of ether oxygens (including phenoxy) is 1. The second-order valence-corrected chi connectivity index (χ2v) is 7.46. The lowest BCUT2D eigenvalue weighted by Gasteiger charge is -2.32. The van der Waals surface area contributed by atoms with Gasteiger partial charge in [-0.05, 0) is 32.9 Å². The molecule has 1 aliphatic rings. The summed E-state index contributed by atoms with van der Waals surface area (Å²) in [6.07, 6.45) is 2.28. The molecule has 1 atom stereocenters. The minimum atomic E-state index is -0.283. The number of aromatic nitrogens is 4. The van der Waals surface area contributed by atoms with Crippen molar-refractivity contribution in [2.45, 2.75) is 46.8 Å². The standard InChI is InChI=1S/C22H27N5O3/c1-5-19-21(15(4)25-30-19)18-9-7-8-17(23-18)20-13-26(10-11-29-20)22(28)16-12-27(6-2)24-14(16)3/h7-9,12,20H,5-6,10-11,13H2,1-4H3. The third kappa shape index (κ3) is 3.75. The Hall–Kier alpha value is -3.00. The van der Waals surface area contributed by atoms with Crippen molar-refractivity contribution >= 4 is 5.91 Å². The number of rotatable bonds is 5. The van der Waals surface area contributed by atoms with Crippen LogP contribution < -0.4 is 0 Å². The van der Waals surface area contributed by atoms with Crippen LogP contribution in [0.4, 0.5) is 0 Å². The van der Waals surface area contributed by atoms with Crippen molar-refractivity contribution in [2.24, 2.45) is 0 Å². The number of amides is 1. The van der Waals surface area contributed by atoms with E-state index in [0.29, 0.717) is 25.3 Å². The highest BCUT2D eigenvalue weighted by Crippen LogP contribution is 2.29. The van der Waals surface area contributed by atoms with E-state index in [2.05, 4.69) is 10.3 Å². The zero-order valence-corrected chi connectivity index (χ0v) is 17.9. The molecule has 0 spiro atoms. The number of nitrogens with zero attached hydrogens (tertiary/aromatic N) is 5. The molecule has 1 unspecified atom stereocenters. The third-order valence-electron chi connectivity index (χ3n) is 5.47. The summed E-state index contributed by atoms with van der Waals surface area (Å²) in [4.78, 5) is 19.7. The van der Waals surface area contributed by atoms with Crippen LogP contribution in [0.5, 0.6) is 0 Å².